The summed E-state index contributed by atoms with van der Waals surface area (Å²) in [4.78, 5) is 0. The minimum Gasteiger partial charge on any atom is -0.381 e. The molecule has 94 valence electrons. The van der Waals surface area contributed by atoms with Crippen molar-refractivity contribution in [3.8, 4) is 0 Å². The number of nitrogens with two attached hydrogens (primary N) is 1. The molecule has 0 aliphatic carbocycles. The normalized spacial score (nSPS) is 21.7. The minimum atomic E-state index is -0.431. The zero-order chi connectivity index (χ0) is 12.3. The molecule has 1 aromatic rings. The van der Waals surface area contributed by atoms with Crippen LogP contribution < -0.4 is 11.3 Å². The average molecular weight is 242 g/mol. The molecule has 5 heteroatoms. The Morgan fingerprint density at radius 1 is 1.47 bits per heavy atom. The quantitative estimate of drug-likeness (QED) is 0.619. The molecule has 0 radical (unpaired) electrons. The van der Waals surface area contributed by atoms with Gasteiger partial charge in [-0.1, -0.05) is 0 Å². The van der Waals surface area contributed by atoms with Crippen molar-refractivity contribution in [3.05, 3.63) is 35.4 Å². The van der Waals surface area contributed by atoms with Crippen LogP contribution in [0.2, 0.25) is 0 Å². The number of halogens is 2. The molecule has 3 N–H and O–H groups in total. The van der Waals surface area contributed by atoms with Crippen molar-refractivity contribution in [1.29, 1.82) is 0 Å². The standard InChI is InChI=1S/C12H16F2N2O/c13-10-1-2-11(14)9(5-10)6-12(16-15)8-3-4-17-7-8/h1-2,5,8,12,16H,3-4,6-7,15H2. The van der Waals surface area contributed by atoms with E-state index in [1.807, 2.05) is 0 Å². The second kappa shape index (κ2) is 5.53. The highest BCUT2D eigenvalue weighted by atomic mass is 19.1. The van der Waals surface area contributed by atoms with Gasteiger partial charge in [0.2, 0.25) is 0 Å². The lowest BCUT2D eigenvalue weighted by Gasteiger charge is -2.21. The van der Waals surface area contributed by atoms with Crippen LogP contribution in [0.4, 0.5) is 8.78 Å². The molecule has 3 nitrogen and oxygen atoms in total. The number of nitrogens with one attached hydrogen (secondary N) is 1. The molecule has 1 saturated heterocycles. The molecule has 17 heavy (non-hydrogen) atoms. The molecule has 1 aliphatic rings. The van der Waals surface area contributed by atoms with Gasteiger partial charge in [0.05, 0.1) is 6.61 Å². The molecule has 1 heterocycles. The summed E-state index contributed by atoms with van der Waals surface area (Å²) < 4.78 is 31.8. The molecular weight excluding hydrogens is 226 g/mol. The number of hydrazine groups is 1. The Morgan fingerprint density at radius 2 is 2.29 bits per heavy atom. The maximum Gasteiger partial charge on any atom is 0.126 e. The van der Waals surface area contributed by atoms with Crippen LogP contribution in [0, 0.1) is 17.6 Å². The fourth-order valence-electron chi connectivity index (χ4n) is 2.17. The predicted octanol–water partition coefficient (Wildman–Crippen LogP) is 1.38. The largest absolute Gasteiger partial charge is 0.381 e. The first kappa shape index (κ1) is 12.4. The Balaban J connectivity index is 2.09. The summed E-state index contributed by atoms with van der Waals surface area (Å²) in [6, 6.07) is 3.38. The van der Waals surface area contributed by atoms with Crippen molar-refractivity contribution in [3.63, 3.8) is 0 Å². The second-order valence-corrected chi connectivity index (χ2v) is 4.34. The molecule has 1 fully saturated rings. The molecule has 0 aromatic heterocycles. The molecule has 2 rings (SSSR count). The molecular formula is C12H16F2N2O. The van der Waals surface area contributed by atoms with Crippen molar-refractivity contribution in [2.75, 3.05) is 13.2 Å². The van der Waals surface area contributed by atoms with Gasteiger partial charge in [-0.3, -0.25) is 11.3 Å². The van der Waals surface area contributed by atoms with Crippen LogP contribution in [0.1, 0.15) is 12.0 Å². The van der Waals surface area contributed by atoms with Crippen molar-refractivity contribution in [1.82, 2.24) is 5.43 Å². The number of ether oxygens (including phenoxy) is 1. The van der Waals surface area contributed by atoms with Gasteiger partial charge in [0.25, 0.3) is 0 Å². The number of hydrogen-bond donors (Lipinski definition) is 2. The third-order valence-electron chi connectivity index (χ3n) is 3.20. The smallest absolute Gasteiger partial charge is 0.126 e. The monoisotopic (exact) mass is 242 g/mol. The summed E-state index contributed by atoms with van der Waals surface area (Å²) >= 11 is 0. The van der Waals surface area contributed by atoms with Gasteiger partial charge in [0.15, 0.2) is 0 Å². The van der Waals surface area contributed by atoms with Gasteiger partial charge in [-0.05, 0) is 36.6 Å². The van der Waals surface area contributed by atoms with E-state index in [2.05, 4.69) is 5.43 Å². The van der Waals surface area contributed by atoms with E-state index in [1.54, 1.807) is 0 Å². The van der Waals surface area contributed by atoms with Crippen molar-refractivity contribution in [2.24, 2.45) is 11.8 Å². The van der Waals surface area contributed by atoms with Gasteiger partial charge in [-0.25, -0.2) is 8.78 Å². The fraction of sp³-hybridized carbons (Fsp3) is 0.500. The highest BCUT2D eigenvalue weighted by molar-refractivity contribution is 5.20. The van der Waals surface area contributed by atoms with Crippen LogP contribution in [0.15, 0.2) is 18.2 Å². The third-order valence-corrected chi connectivity index (χ3v) is 3.20. The van der Waals surface area contributed by atoms with E-state index in [-0.39, 0.29) is 12.0 Å². The van der Waals surface area contributed by atoms with Crippen molar-refractivity contribution < 1.29 is 13.5 Å². The Hall–Kier alpha value is -1.04. The lowest BCUT2D eigenvalue weighted by Crippen LogP contribution is -2.43. The van der Waals surface area contributed by atoms with Crippen LogP contribution in [0.25, 0.3) is 0 Å². The van der Waals surface area contributed by atoms with Crippen LogP contribution in [0.5, 0.6) is 0 Å². The van der Waals surface area contributed by atoms with E-state index in [4.69, 9.17) is 10.6 Å². The van der Waals surface area contributed by atoms with Crippen molar-refractivity contribution >= 4 is 0 Å². The molecule has 2 atom stereocenters. The van der Waals surface area contributed by atoms with Gasteiger partial charge in [-0.2, -0.15) is 0 Å². The molecule has 0 saturated carbocycles. The SMILES string of the molecule is NNC(Cc1cc(F)ccc1F)C1CCOC1. The first-order valence-corrected chi connectivity index (χ1v) is 5.68. The number of benzene rings is 1. The lowest BCUT2D eigenvalue weighted by molar-refractivity contribution is 0.176. The minimum absolute atomic E-state index is 0.0891. The summed E-state index contributed by atoms with van der Waals surface area (Å²) in [6.07, 6.45) is 1.26. The maximum absolute atomic E-state index is 13.5. The highest BCUT2D eigenvalue weighted by Crippen LogP contribution is 2.21. The van der Waals surface area contributed by atoms with Gasteiger partial charge >= 0.3 is 0 Å². The topological polar surface area (TPSA) is 47.3 Å². The maximum atomic E-state index is 13.5. The van der Waals surface area contributed by atoms with Gasteiger partial charge < -0.3 is 4.74 Å². The Kier molecular flexibility index (Phi) is 4.04. The van der Waals surface area contributed by atoms with E-state index in [0.717, 1.165) is 18.6 Å². The Bertz CT molecular complexity index is 381. The molecule has 1 aliphatic heterocycles. The van der Waals surface area contributed by atoms with E-state index < -0.39 is 11.6 Å². The van der Waals surface area contributed by atoms with E-state index >= 15 is 0 Å². The van der Waals surface area contributed by atoms with E-state index in [0.29, 0.717) is 25.2 Å². The molecule has 0 spiro atoms. The first-order chi connectivity index (χ1) is 8.20. The average Bonchev–Trinajstić information content (AvgIpc) is 2.84. The van der Waals surface area contributed by atoms with E-state index in [9.17, 15) is 8.78 Å². The van der Waals surface area contributed by atoms with Crippen LogP contribution >= 0.6 is 0 Å². The van der Waals surface area contributed by atoms with Gasteiger partial charge in [-0.15, -0.1) is 0 Å². The summed E-state index contributed by atoms with van der Waals surface area (Å²) in [5.74, 6) is 4.89. The molecule has 0 amide bonds. The molecule has 2 unspecified atom stereocenters. The Labute approximate surface area is 98.9 Å². The summed E-state index contributed by atoms with van der Waals surface area (Å²) in [5, 5.41) is 0. The zero-order valence-corrected chi connectivity index (χ0v) is 9.46. The number of hydrogen-bond acceptors (Lipinski definition) is 3. The summed E-state index contributed by atoms with van der Waals surface area (Å²) in [6.45, 7) is 1.32. The van der Waals surface area contributed by atoms with Crippen LogP contribution in [-0.4, -0.2) is 19.3 Å². The summed E-state index contributed by atoms with van der Waals surface area (Å²) in [5.41, 5.74) is 3.02. The second-order valence-electron chi connectivity index (χ2n) is 4.34. The number of rotatable bonds is 4. The van der Waals surface area contributed by atoms with Crippen LogP contribution in [0.3, 0.4) is 0 Å². The third kappa shape index (κ3) is 3.00. The van der Waals surface area contributed by atoms with Crippen molar-refractivity contribution in [2.45, 2.75) is 18.9 Å². The highest BCUT2D eigenvalue weighted by Gasteiger charge is 2.25. The first-order valence-electron chi connectivity index (χ1n) is 5.68. The predicted molar refractivity (Wildman–Crippen MR) is 60.1 cm³/mol. The van der Waals surface area contributed by atoms with E-state index in [1.165, 1.54) is 6.07 Å². The lowest BCUT2D eigenvalue weighted by atomic mass is 9.93. The molecule has 1 aromatic carbocycles. The fourth-order valence-corrected chi connectivity index (χ4v) is 2.17. The van der Waals surface area contributed by atoms with Crippen LogP contribution in [-0.2, 0) is 11.2 Å². The zero-order valence-electron chi connectivity index (χ0n) is 9.46. The molecule has 0 bridgehead atoms. The Morgan fingerprint density at radius 3 is 2.94 bits per heavy atom. The van der Waals surface area contributed by atoms with Gasteiger partial charge in [0, 0.05) is 18.6 Å². The van der Waals surface area contributed by atoms with Gasteiger partial charge in [0.1, 0.15) is 11.6 Å². The summed E-state index contributed by atoms with van der Waals surface area (Å²) in [7, 11) is 0.